The summed E-state index contributed by atoms with van der Waals surface area (Å²) in [4.78, 5) is 4.91. The number of imidazole rings is 1. The van der Waals surface area contributed by atoms with Crippen LogP contribution in [0, 0.1) is 0 Å². The fourth-order valence-electron chi connectivity index (χ4n) is 4.42. The molecule has 0 bridgehead atoms. The summed E-state index contributed by atoms with van der Waals surface area (Å²) in [7, 11) is 0. The molecule has 1 aromatic carbocycles. The second kappa shape index (κ2) is 9.31. The third-order valence-electron chi connectivity index (χ3n) is 6.07. The number of nitrogens with zero attached hydrogens (tertiary/aromatic N) is 2. The van der Waals surface area contributed by atoms with Gasteiger partial charge in [0.1, 0.15) is 0 Å². The molecule has 0 spiro atoms. The molecule has 3 nitrogen and oxygen atoms in total. The molecule has 0 radical (unpaired) electrons. The number of hydrogen-bond acceptors (Lipinski definition) is 2. The van der Waals surface area contributed by atoms with E-state index in [1.807, 2.05) is 18.3 Å². The monoisotopic (exact) mass is 473 g/mol. The van der Waals surface area contributed by atoms with E-state index < -0.39 is 18.4 Å². The maximum atomic E-state index is 5.97. The zero-order valence-electron chi connectivity index (χ0n) is 17.3. The van der Waals surface area contributed by atoms with Crippen molar-refractivity contribution in [3.63, 3.8) is 0 Å². The van der Waals surface area contributed by atoms with Gasteiger partial charge in [-0.2, -0.15) is 0 Å². The molecule has 0 aliphatic carbocycles. The van der Waals surface area contributed by atoms with Crippen LogP contribution in [0.3, 0.4) is 0 Å². The average Bonchev–Trinajstić information content (AvgIpc) is 3.04. The van der Waals surface area contributed by atoms with Gasteiger partial charge in [-0.15, -0.1) is 0 Å². The fourth-order valence-corrected chi connectivity index (χ4v) is 20.4. The first kappa shape index (κ1) is 20.5. The maximum absolute atomic E-state index is 5.97. The van der Waals surface area contributed by atoms with Gasteiger partial charge in [-0.05, 0) is 0 Å². The molecule has 146 valence electrons. The Kier molecular flexibility index (Phi) is 7.07. The van der Waals surface area contributed by atoms with Gasteiger partial charge in [-0.1, -0.05) is 0 Å². The van der Waals surface area contributed by atoms with Gasteiger partial charge >= 0.3 is 169 Å². The molecule has 2 heterocycles. The van der Waals surface area contributed by atoms with Crippen LogP contribution in [-0.2, 0) is 0 Å². The number of nitrogen functional groups attached to an aromatic ring is 1. The number of aromatic nitrogens is 2. The number of unbranched alkanes of at least 4 members (excludes halogenated alkanes) is 3. The van der Waals surface area contributed by atoms with Crippen LogP contribution in [0.25, 0.3) is 16.7 Å². The normalized spacial score (nSPS) is 12.3. The Morgan fingerprint density at radius 2 is 1.52 bits per heavy atom. The third-order valence-corrected chi connectivity index (χ3v) is 21.7. The van der Waals surface area contributed by atoms with Gasteiger partial charge in [0.2, 0.25) is 0 Å². The van der Waals surface area contributed by atoms with Crippen LogP contribution < -0.4 is 9.31 Å². The zero-order chi connectivity index (χ0) is 19.3. The summed E-state index contributed by atoms with van der Waals surface area (Å²) in [5.74, 6) is 0. The molecule has 2 N–H and O–H groups in total. The van der Waals surface area contributed by atoms with Crippen LogP contribution in [-0.4, -0.2) is 27.8 Å². The summed E-state index contributed by atoms with van der Waals surface area (Å²) < 4.78 is 8.35. The van der Waals surface area contributed by atoms with Crippen molar-refractivity contribution in [2.24, 2.45) is 0 Å². The molecule has 0 amide bonds. The van der Waals surface area contributed by atoms with Crippen molar-refractivity contribution in [2.75, 3.05) is 5.73 Å². The number of hydrogen-bond donors (Lipinski definition) is 1. The van der Waals surface area contributed by atoms with Gasteiger partial charge in [0.25, 0.3) is 0 Å². The van der Waals surface area contributed by atoms with E-state index in [1.165, 1.54) is 57.4 Å². The second-order valence-electron chi connectivity index (χ2n) is 8.09. The van der Waals surface area contributed by atoms with E-state index >= 15 is 0 Å². The minimum atomic E-state index is -2.40. The van der Waals surface area contributed by atoms with Crippen molar-refractivity contribution in [1.29, 1.82) is 0 Å². The van der Waals surface area contributed by atoms with Crippen LogP contribution in [0.1, 0.15) is 59.3 Å². The van der Waals surface area contributed by atoms with Crippen molar-refractivity contribution >= 4 is 44.3 Å². The van der Waals surface area contributed by atoms with E-state index in [4.69, 9.17) is 10.7 Å². The van der Waals surface area contributed by atoms with Crippen LogP contribution in [0.4, 0.5) is 5.69 Å². The number of nitrogens with two attached hydrogens (primary N) is 1. The molecule has 27 heavy (non-hydrogen) atoms. The summed E-state index contributed by atoms with van der Waals surface area (Å²) in [5, 5.41) is 0. The first-order chi connectivity index (χ1) is 13.1. The second-order valence-corrected chi connectivity index (χ2v) is 21.3. The van der Waals surface area contributed by atoms with Crippen molar-refractivity contribution < 1.29 is 0 Å². The Hall–Kier alpha value is -1.23. The van der Waals surface area contributed by atoms with E-state index in [0.717, 1.165) is 16.9 Å². The molecule has 0 saturated carbocycles. The Morgan fingerprint density at radius 1 is 0.889 bits per heavy atom. The summed E-state index contributed by atoms with van der Waals surface area (Å²) in [6.45, 7) is 7.02. The summed E-state index contributed by atoms with van der Waals surface area (Å²) in [5.41, 5.74) is 10.0. The van der Waals surface area contributed by atoms with Gasteiger partial charge in [-0.25, -0.2) is 0 Å². The molecule has 0 saturated heterocycles. The minimum absolute atomic E-state index is 0.778. The quantitative estimate of drug-likeness (QED) is 0.361. The molecular formula is C23H35N3Sn. The standard InChI is InChI=1S/C11H8N3.3C4H9.Sn/c12-8-5-6-14-10-4-2-1-3-9(10)13-11(14)7-8;3*1-3-4-2;/h2-7H,12H2;3*1,3-4H2,2H3;. The Balaban J connectivity index is 2.08. The zero-order valence-corrected chi connectivity index (χ0v) is 20.2. The number of pyridine rings is 1. The Morgan fingerprint density at radius 3 is 2.11 bits per heavy atom. The van der Waals surface area contributed by atoms with Crippen LogP contribution in [0.2, 0.25) is 13.3 Å². The molecule has 0 fully saturated rings. The summed E-state index contributed by atoms with van der Waals surface area (Å²) in [6.07, 6.45) is 10.2. The van der Waals surface area contributed by atoms with Gasteiger partial charge in [0.05, 0.1) is 0 Å². The molecule has 4 heteroatoms. The van der Waals surface area contributed by atoms with Crippen LogP contribution >= 0.6 is 0 Å². The number of rotatable bonds is 10. The SMILES string of the molecule is CCC[CH2][Sn]([CH2]CCC)([CH2]CCC)[c]1ccc2c(c1)nc1cc(N)ccn12. The molecule has 0 aliphatic heterocycles. The van der Waals surface area contributed by atoms with E-state index in [0.29, 0.717) is 0 Å². The van der Waals surface area contributed by atoms with Crippen LogP contribution in [0.15, 0.2) is 36.5 Å². The van der Waals surface area contributed by atoms with E-state index in [-0.39, 0.29) is 0 Å². The first-order valence-electron chi connectivity index (χ1n) is 10.8. The topological polar surface area (TPSA) is 43.3 Å². The van der Waals surface area contributed by atoms with E-state index in [9.17, 15) is 0 Å². The summed E-state index contributed by atoms with van der Waals surface area (Å²) in [6, 6.07) is 11.2. The Bertz CT molecular complexity index is 862. The Labute approximate surface area is 168 Å². The first-order valence-corrected chi connectivity index (χ1v) is 18.3. The van der Waals surface area contributed by atoms with Gasteiger partial charge in [-0.3, -0.25) is 0 Å². The molecule has 0 aliphatic rings. The van der Waals surface area contributed by atoms with Gasteiger partial charge in [0.15, 0.2) is 0 Å². The molecule has 3 aromatic rings. The predicted molar refractivity (Wildman–Crippen MR) is 122 cm³/mol. The van der Waals surface area contributed by atoms with Crippen LogP contribution in [0.5, 0.6) is 0 Å². The number of anilines is 1. The molecular weight excluding hydrogens is 437 g/mol. The molecule has 2 aromatic heterocycles. The molecule has 3 rings (SSSR count). The van der Waals surface area contributed by atoms with Crippen molar-refractivity contribution in [3.8, 4) is 0 Å². The van der Waals surface area contributed by atoms with E-state index in [2.05, 4.69) is 43.4 Å². The molecule has 0 atom stereocenters. The van der Waals surface area contributed by atoms with Crippen molar-refractivity contribution in [1.82, 2.24) is 9.38 Å². The van der Waals surface area contributed by atoms with E-state index in [1.54, 1.807) is 3.58 Å². The number of fused-ring (bicyclic) bond motifs is 3. The van der Waals surface area contributed by atoms with Gasteiger partial charge < -0.3 is 0 Å². The molecule has 0 unspecified atom stereocenters. The third kappa shape index (κ3) is 4.44. The average molecular weight is 472 g/mol. The van der Waals surface area contributed by atoms with Crippen molar-refractivity contribution in [2.45, 2.75) is 72.6 Å². The number of benzene rings is 1. The summed E-state index contributed by atoms with van der Waals surface area (Å²) >= 11 is -2.40. The predicted octanol–water partition coefficient (Wildman–Crippen LogP) is 6.13. The van der Waals surface area contributed by atoms with Gasteiger partial charge in [0, 0.05) is 0 Å². The fraction of sp³-hybridized carbons (Fsp3) is 0.522. The van der Waals surface area contributed by atoms with Crippen molar-refractivity contribution in [3.05, 3.63) is 36.5 Å².